The first kappa shape index (κ1) is 19.8. The molecule has 0 radical (unpaired) electrons. The van der Waals surface area contributed by atoms with Gasteiger partial charge in [0.05, 0.1) is 12.0 Å². The predicted octanol–water partition coefficient (Wildman–Crippen LogP) is 3.92. The van der Waals surface area contributed by atoms with E-state index in [0.717, 1.165) is 24.8 Å². The molecule has 5 heteroatoms. The maximum atomic E-state index is 13.1. The van der Waals surface area contributed by atoms with Crippen molar-refractivity contribution in [1.29, 1.82) is 0 Å². The smallest absolute Gasteiger partial charge is 0.311 e. The largest absolute Gasteiger partial charge is 0.457 e. The van der Waals surface area contributed by atoms with Crippen LogP contribution in [0.1, 0.15) is 63.5 Å². The lowest BCUT2D eigenvalue weighted by molar-refractivity contribution is -0.160. The molecule has 0 unspecified atom stereocenters. The minimum atomic E-state index is -0.479. The minimum absolute atomic E-state index is 0.0271. The maximum Gasteiger partial charge on any atom is 0.311 e. The van der Waals surface area contributed by atoms with Gasteiger partial charge in [-0.3, -0.25) is 14.4 Å². The van der Waals surface area contributed by atoms with Gasteiger partial charge in [0.2, 0.25) is 5.91 Å². The minimum Gasteiger partial charge on any atom is -0.457 e. The molecule has 1 aliphatic heterocycles. The van der Waals surface area contributed by atoms with Gasteiger partial charge in [-0.1, -0.05) is 30.3 Å². The highest BCUT2D eigenvalue weighted by molar-refractivity contribution is 5.90. The molecule has 1 saturated heterocycles. The summed E-state index contributed by atoms with van der Waals surface area (Å²) in [5.74, 6) is 1.29. The van der Waals surface area contributed by atoms with Crippen LogP contribution in [0, 0.1) is 29.1 Å². The normalized spacial score (nSPS) is 35.5. The lowest BCUT2D eigenvalue weighted by Crippen LogP contribution is -2.51. The molecular weight excluding hydrogens is 378 g/mol. The molecule has 2 atom stereocenters. The van der Waals surface area contributed by atoms with E-state index in [4.69, 9.17) is 4.74 Å². The summed E-state index contributed by atoms with van der Waals surface area (Å²) in [5.41, 5.74) is 0.811. The van der Waals surface area contributed by atoms with E-state index < -0.39 is 11.9 Å². The van der Waals surface area contributed by atoms with Crippen molar-refractivity contribution in [2.24, 2.45) is 29.1 Å². The van der Waals surface area contributed by atoms with Crippen molar-refractivity contribution in [1.82, 2.24) is 4.90 Å². The molecule has 4 saturated carbocycles. The SMILES string of the molecule is C[C@@H](c1ccccc1)N1C[C@H](C(=O)OCC(=O)C23CC4CC(CC(C4)C2)C3)CC1=O. The fourth-order valence-corrected chi connectivity index (χ4v) is 7.04. The molecule has 1 amide bonds. The van der Waals surface area contributed by atoms with Crippen molar-refractivity contribution in [3.63, 3.8) is 0 Å². The first-order valence-corrected chi connectivity index (χ1v) is 11.5. The Labute approximate surface area is 178 Å². The van der Waals surface area contributed by atoms with Crippen molar-refractivity contribution < 1.29 is 19.1 Å². The van der Waals surface area contributed by atoms with E-state index in [1.54, 1.807) is 4.90 Å². The number of hydrogen-bond acceptors (Lipinski definition) is 4. The lowest BCUT2D eigenvalue weighted by atomic mass is 9.48. The number of ketones is 1. The van der Waals surface area contributed by atoms with E-state index in [2.05, 4.69) is 0 Å². The third kappa shape index (κ3) is 3.46. The standard InChI is InChI=1S/C25H31NO4/c1-16(20-5-3-2-4-6-20)26-14-21(10-23(26)28)24(29)30-15-22(27)25-11-17-7-18(12-25)9-19(8-17)13-25/h2-6,16-19,21H,7-15H2,1H3/t16-,17?,18?,19?,21+,25?/m0/s1. The number of esters is 1. The fraction of sp³-hybridized carbons (Fsp3) is 0.640. The summed E-state index contributed by atoms with van der Waals surface area (Å²) in [6.45, 7) is 2.22. The van der Waals surface area contributed by atoms with E-state index in [1.165, 1.54) is 19.3 Å². The number of Topliss-reactive ketones (excluding diaryl/α,β-unsaturated/α-hetero) is 1. The number of hydrogen-bond donors (Lipinski definition) is 0. The first-order valence-electron chi connectivity index (χ1n) is 11.5. The second kappa shape index (κ2) is 7.51. The number of ether oxygens (including phenoxy) is 1. The van der Waals surface area contributed by atoms with Crippen molar-refractivity contribution in [2.75, 3.05) is 13.2 Å². The van der Waals surface area contributed by atoms with Gasteiger partial charge in [0.15, 0.2) is 12.4 Å². The van der Waals surface area contributed by atoms with Crippen LogP contribution in [0.3, 0.4) is 0 Å². The maximum absolute atomic E-state index is 13.1. The van der Waals surface area contributed by atoms with Gasteiger partial charge in [-0.15, -0.1) is 0 Å². The van der Waals surface area contributed by atoms with Crippen LogP contribution in [0.25, 0.3) is 0 Å². The van der Waals surface area contributed by atoms with Gasteiger partial charge < -0.3 is 9.64 Å². The van der Waals surface area contributed by atoms with E-state index >= 15 is 0 Å². The highest BCUT2D eigenvalue weighted by Crippen LogP contribution is 2.60. The monoisotopic (exact) mass is 409 g/mol. The molecule has 5 fully saturated rings. The highest BCUT2D eigenvalue weighted by Gasteiger charge is 2.54. The van der Waals surface area contributed by atoms with Gasteiger partial charge in [-0.2, -0.15) is 0 Å². The Bertz CT molecular complexity index is 813. The number of benzene rings is 1. The molecule has 1 aromatic rings. The topological polar surface area (TPSA) is 63.7 Å². The van der Waals surface area contributed by atoms with Crippen LogP contribution in [0.2, 0.25) is 0 Å². The second-order valence-corrected chi connectivity index (χ2v) is 10.3. The average Bonchev–Trinajstić information content (AvgIpc) is 3.12. The molecule has 1 aromatic carbocycles. The van der Waals surface area contributed by atoms with Crippen LogP contribution in [0.5, 0.6) is 0 Å². The van der Waals surface area contributed by atoms with Crippen molar-refractivity contribution in [3.8, 4) is 0 Å². The van der Waals surface area contributed by atoms with E-state index in [-0.39, 0.29) is 36.2 Å². The van der Waals surface area contributed by atoms with Gasteiger partial charge in [0, 0.05) is 18.4 Å². The van der Waals surface area contributed by atoms with E-state index in [1.807, 2.05) is 37.3 Å². The summed E-state index contributed by atoms with van der Waals surface area (Å²) < 4.78 is 5.49. The zero-order valence-electron chi connectivity index (χ0n) is 17.7. The molecular formula is C25H31NO4. The van der Waals surface area contributed by atoms with Crippen LogP contribution in [0.15, 0.2) is 30.3 Å². The molecule has 6 rings (SSSR count). The molecule has 1 heterocycles. The summed E-state index contributed by atoms with van der Waals surface area (Å²) in [6, 6.07) is 9.76. The van der Waals surface area contributed by atoms with E-state index in [0.29, 0.717) is 24.3 Å². The molecule has 4 aliphatic carbocycles. The summed E-state index contributed by atoms with van der Waals surface area (Å²) in [7, 11) is 0. The van der Waals surface area contributed by atoms with Gasteiger partial charge in [-0.05, 0) is 68.8 Å². The number of carbonyl (C=O) groups excluding carboxylic acids is 3. The summed E-state index contributed by atoms with van der Waals surface area (Å²) in [6.07, 6.45) is 6.98. The predicted molar refractivity (Wildman–Crippen MR) is 111 cm³/mol. The van der Waals surface area contributed by atoms with Crippen LogP contribution in [0.4, 0.5) is 0 Å². The third-order valence-corrected chi connectivity index (χ3v) is 8.22. The number of carbonyl (C=O) groups is 3. The van der Waals surface area contributed by atoms with Gasteiger partial charge in [0.25, 0.3) is 0 Å². The van der Waals surface area contributed by atoms with Gasteiger partial charge >= 0.3 is 5.97 Å². The number of likely N-dealkylation sites (tertiary alicyclic amines) is 1. The van der Waals surface area contributed by atoms with E-state index in [9.17, 15) is 14.4 Å². The molecule has 5 aliphatic rings. The van der Waals surface area contributed by atoms with Gasteiger partial charge in [-0.25, -0.2) is 0 Å². The quantitative estimate of drug-likeness (QED) is 0.668. The second-order valence-electron chi connectivity index (χ2n) is 10.3. The molecule has 160 valence electrons. The molecule has 4 bridgehead atoms. The van der Waals surface area contributed by atoms with Crippen molar-refractivity contribution >= 4 is 17.7 Å². The Kier molecular flexibility index (Phi) is 4.95. The highest BCUT2D eigenvalue weighted by atomic mass is 16.5. The summed E-state index contributed by atoms with van der Waals surface area (Å²) >= 11 is 0. The Morgan fingerprint density at radius 1 is 1.07 bits per heavy atom. The lowest BCUT2D eigenvalue weighted by Gasteiger charge is -2.55. The number of rotatable bonds is 6. The number of nitrogens with zero attached hydrogens (tertiary/aromatic N) is 1. The Morgan fingerprint density at radius 3 is 2.27 bits per heavy atom. The fourth-order valence-electron chi connectivity index (χ4n) is 7.04. The third-order valence-electron chi connectivity index (χ3n) is 8.22. The zero-order valence-corrected chi connectivity index (χ0v) is 17.7. The van der Waals surface area contributed by atoms with Crippen LogP contribution >= 0.6 is 0 Å². The summed E-state index contributed by atoms with van der Waals surface area (Å²) in [5, 5.41) is 0. The Morgan fingerprint density at radius 2 is 1.67 bits per heavy atom. The van der Waals surface area contributed by atoms with Crippen molar-refractivity contribution in [3.05, 3.63) is 35.9 Å². The number of amides is 1. The molecule has 5 nitrogen and oxygen atoms in total. The Balaban J connectivity index is 1.17. The van der Waals surface area contributed by atoms with Crippen molar-refractivity contribution in [2.45, 2.75) is 57.9 Å². The Hall–Kier alpha value is -2.17. The molecule has 0 N–H and O–H groups in total. The zero-order chi connectivity index (χ0) is 20.9. The first-order chi connectivity index (χ1) is 14.4. The van der Waals surface area contributed by atoms with Crippen LogP contribution in [-0.2, 0) is 19.1 Å². The summed E-state index contributed by atoms with van der Waals surface area (Å²) in [4.78, 5) is 40.0. The van der Waals surface area contributed by atoms with Crippen LogP contribution in [-0.4, -0.2) is 35.7 Å². The average molecular weight is 410 g/mol. The molecule has 0 aromatic heterocycles. The van der Waals surface area contributed by atoms with Gasteiger partial charge in [0.1, 0.15) is 0 Å². The molecule has 30 heavy (non-hydrogen) atoms. The van der Waals surface area contributed by atoms with Crippen LogP contribution < -0.4 is 0 Å². The molecule has 0 spiro atoms.